The van der Waals surface area contributed by atoms with Crippen molar-refractivity contribution in [2.75, 3.05) is 7.11 Å². The normalized spacial score (nSPS) is 11.9. The number of rotatable bonds is 5. The highest BCUT2D eigenvalue weighted by atomic mass is 79.9. The van der Waals surface area contributed by atoms with E-state index in [0.29, 0.717) is 32.1 Å². The molecule has 0 aliphatic rings. The second kappa shape index (κ2) is 9.38. The Morgan fingerprint density at radius 1 is 1.00 bits per heavy atom. The summed E-state index contributed by atoms with van der Waals surface area (Å²) in [5.74, 6) is 0.128. The minimum Gasteiger partial charge on any atom is -0.494 e. The summed E-state index contributed by atoms with van der Waals surface area (Å²) in [7, 11) is 1.42. The van der Waals surface area contributed by atoms with Crippen molar-refractivity contribution >= 4 is 38.3 Å². The van der Waals surface area contributed by atoms with Gasteiger partial charge in [-0.1, -0.05) is 57.6 Å². The van der Waals surface area contributed by atoms with Crippen molar-refractivity contribution in [1.82, 2.24) is 24.4 Å². The number of benzene rings is 3. The zero-order valence-electron chi connectivity index (χ0n) is 19.3. The van der Waals surface area contributed by atoms with Crippen LogP contribution in [-0.4, -0.2) is 31.5 Å². The molecule has 0 atom stereocenters. The van der Waals surface area contributed by atoms with E-state index in [2.05, 4.69) is 26.0 Å². The Kier molecular flexibility index (Phi) is 5.90. The second-order valence-electron chi connectivity index (χ2n) is 8.11. The summed E-state index contributed by atoms with van der Waals surface area (Å²) < 4.78 is 24.0. The van der Waals surface area contributed by atoms with Gasteiger partial charge in [-0.05, 0) is 48.5 Å². The molecule has 0 fully saturated rings. The third-order valence-corrected chi connectivity index (χ3v) is 7.25. The number of hydrogen-bond donors (Lipinski definition) is 0. The minimum absolute atomic E-state index is 0.144. The molecule has 0 amide bonds. The van der Waals surface area contributed by atoms with Crippen molar-refractivity contribution in [1.29, 1.82) is 0 Å². The third kappa shape index (κ3) is 4.34. The van der Waals surface area contributed by atoms with Gasteiger partial charge in [-0.25, -0.2) is 9.07 Å². The van der Waals surface area contributed by atoms with Crippen molar-refractivity contribution in [3.05, 3.63) is 110 Å². The largest absolute Gasteiger partial charge is 0.494 e. The standard InChI is InChI=1S/C27H17BrFN5O2S/c1-36-22-12-9-17(13-21(22)29)24-18(15-33(31-24)20-5-3-2-4-6-20)14-23-26(35)34-27(37-23)30-25(32-34)16-7-10-19(28)11-8-16/h2-15H,1H3/b23-14-. The van der Waals surface area contributed by atoms with Crippen molar-refractivity contribution in [3.63, 3.8) is 0 Å². The number of para-hydroxylation sites is 1. The summed E-state index contributed by atoms with van der Waals surface area (Å²) in [6.45, 7) is 0. The summed E-state index contributed by atoms with van der Waals surface area (Å²) in [6, 6.07) is 21.8. The van der Waals surface area contributed by atoms with Gasteiger partial charge in [0, 0.05) is 27.4 Å². The molecular weight excluding hydrogens is 557 g/mol. The number of hydrogen-bond acceptors (Lipinski definition) is 6. The van der Waals surface area contributed by atoms with Gasteiger partial charge >= 0.3 is 0 Å². The van der Waals surface area contributed by atoms with E-state index in [4.69, 9.17) is 9.84 Å². The molecule has 6 rings (SSSR count). The fraction of sp³-hybridized carbons (Fsp3) is 0.0370. The van der Waals surface area contributed by atoms with E-state index in [0.717, 1.165) is 15.7 Å². The van der Waals surface area contributed by atoms with Crippen molar-refractivity contribution in [3.8, 4) is 34.1 Å². The maximum absolute atomic E-state index is 14.5. The van der Waals surface area contributed by atoms with Gasteiger partial charge in [-0.3, -0.25) is 4.79 Å². The molecule has 0 aliphatic heterocycles. The topological polar surface area (TPSA) is 74.3 Å². The maximum atomic E-state index is 14.5. The van der Waals surface area contributed by atoms with Crippen molar-refractivity contribution < 1.29 is 9.13 Å². The van der Waals surface area contributed by atoms with Crippen LogP contribution in [-0.2, 0) is 0 Å². The molecule has 6 aromatic rings. The fourth-order valence-electron chi connectivity index (χ4n) is 3.94. The van der Waals surface area contributed by atoms with E-state index in [1.165, 1.54) is 29.0 Å². The molecule has 0 N–H and O–H groups in total. The summed E-state index contributed by atoms with van der Waals surface area (Å²) in [4.78, 5) is 18.3. The van der Waals surface area contributed by atoms with Crippen LogP contribution < -0.4 is 14.8 Å². The highest BCUT2D eigenvalue weighted by molar-refractivity contribution is 9.10. The number of ether oxygens (including phenoxy) is 1. The highest BCUT2D eigenvalue weighted by Gasteiger charge is 2.16. The lowest BCUT2D eigenvalue weighted by Gasteiger charge is -2.04. The van der Waals surface area contributed by atoms with Gasteiger partial charge in [0.2, 0.25) is 4.96 Å². The van der Waals surface area contributed by atoms with Gasteiger partial charge in [0.15, 0.2) is 17.4 Å². The monoisotopic (exact) mass is 573 g/mol. The second-order valence-corrected chi connectivity index (χ2v) is 10.0. The molecule has 3 heterocycles. The van der Waals surface area contributed by atoms with Crippen LogP contribution in [0.1, 0.15) is 5.56 Å². The number of nitrogens with zero attached hydrogens (tertiary/aromatic N) is 5. The van der Waals surface area contributed by atoms with Crippen molar-refractivity contribution in [2.45, 2.75) is 0 Å². The molecule has 0 saturated heterocycles. The van der Waals surface area contributed by atoms with E-state index in [-0.39, 0.29) is 11.3 Å². The number of methoxy groups -OCH3 is 1. The molecule has 0 aliphatic carbocycles. The van der Waals surface area contributed by atoms with Gasteiger partial charge < -0.3 is 4.74 Å². The van der Waals surface area contributed by atoms with Crippen LogP contribution in [0.3, 0.4) is 0 Å². The lowest BCUT2D eigenvalue weighted by molar-refractivity contribution is 0.386. The molecule has 0 radical (unpaired) electrons. The zero-order chi connectivity index (χ0) is 25.5. The fourth-order valence-corrected chi connectivity index (χ4v) is 5.10. The van der Waals surface area contributed by atoms with E-state index in [1.807, 2.05) is 60.8 Å². The number of aromatic nitrogens is 5. The SMILES string of the molecule is COc1ccc(-c2nn(-c3ccccc3)cc2/C=c2\sc3nc(-c4ccc(Br)cc4)nn3c2=O)cc1F. The van der Waals surface area contributed by atoms with Gasteiger partial charge in [0.05, 0.1) is 17.3 Å². The lowest BCUT2D eigenvalue weighted by Crippen LogP contribution is -2.23. The molecule has 0 spiro atoms. The summed E-state index contributed by atoms with van der Waals surface area (Å²) in [5, 5.41) is 9.14. The first-order chi connectivity index (χ1) is 18.0. The Hall–Kier alpha value is -4.15. The molecular formula is C27H17BrFN5O2S. The van der Waals surface area contributed by atoms with Gasteiger partial charge in [0.1, 0.15) is 5.69 Å². The molecule has 0 saturated carbocycles. The van der Waals surface area contributed by atoms with Crippen LogP contribution in [0.5, 0.6) is 5.75 Å². The van der Waals surface area contributed by atoms with Crippen LogP contribution in [0.15, 0.2) is 88.3 Å². The third-order valence-electron chi connectivity index (χ3n) is 5.76. The van der Waals surface area contributed by atoms with Crippen LogP contribution in [0.2, 0.25) is 0 Å². The molecule has 37 heavy (non-hydrogen) atoms. The smallest absolute Gasteiger partial charge is 0.291 e. The van der Waals surface area contributed by atoms with E-state index >= 15 is 0 Å². The average molecular weight is 574 g/mol. The van der Waals surface area contributed by atoms with Crippen LogP contribution in [0.25, 0.3) is 39.4 Å². The van der Waals surface area contributed by atoms with E-state index in [1.54, 1.807) is 22.9 Å². The van der Waals surface area contributed by atoms with Gasteiger partial charge in [0.25, 0.3) is 5.56 Å². The molecule has 3 aromatic carbocycles. The van der Waals surface area contributed by atoms with Crippen molar-refractivity contribution in [2.24, 2.45) is 0 Å². The first-order valence-corrected chi connectivity index (χ1v) is 12.8. The Morgan fingerprint density at radius 2 is 1.76 bits per heavy atom. The number of thiazole rings is 1. The number of fused-ring (bicyclic) bond motifs is 1. The summed E-state index contributed by atoms with van der Waals surface area (Å²) in [5.41, 5.74) is 3.11. The Bertz CT molecular complexity index is 1860. The zero-order valence-corrected chi connectivity index (χ0v) is 21.7. The first-order valence-electron chi connectivity index (χ1n) is 11.2. The molecule has 0 unspecified atom stereocenters. The summed E-state index contributed by atoms with van der Waals surface area (Å²) in [6.07, 6.45) is 3.56. The van der Waals surface area contributed by atoms with E-state index in [9.17, 15) is 9.18 Å². The maximum Gasteiger partial charge on any atom is 0.291 e. The Balaban J connectivity index is 1.48. The predicted molar refractivity (Wildman–Crippen MR) is 145 cm³/mol. The Morgan fingerprint density at radius 3 is 2.46 bits per heavy atom. The van der Waals surface area contributed by atoms with Crippen LogP contribution in [0, 0.1) is 5.82 Å². The Labute approximate surface area is 222 Å². The molecule has 3 aromatic heterocycles. The predicted octanol–water partition coefficient (Wildman–Crippen LogP) is 5.13. The van der Waals surface area contributed by atoms with Crippen LogP contribution in [0.4, 0.5) is 4.39 Å². The molecule has 182 valence electrons. The molecule has 10 heteroatoms. The average Bonchev–Trinajstić information content (AvgIpc) is 3.60. The summed E-state index contributed by atoms with van der Waals surface area (Å²) >= 11 is 4.65. The quantitative estimate of drug-likeness (QED) is 0.286. The van der Waals surface area contributed by atoms with E-state index < -0.39 is 5.82 Å². The highest BCUT2D eigenvalue weighted by Crippen LogP contribution is 2.28. The number of halogens is 2. The molecule has 7 nitrogen and oxygen atoms in total. The van der Waals surface area contributed by atoms with Crippen LogP contribution >= 0.6 is 27.3 Å². The molecule has 0 bridgehead atoms. The lowest BCUT2D eigenvalue weighted by atomic mass is 10.1. The van der Waals surface area contributed by atoms with Gasteiger partial charge in [-0.15, -0.1) is 5.10 Å². The first kappa shape index (κ1) is 23.3. The van der Waals surface area contributed by atoms with Gasteiger partial charge in [-0.2, -0.15) is 14.6 Å². The minimum atomic E-state index is -0.496.